The molecule has 0 unspecified atom stereocenters. The molecule has 2 aromatic rings. The van der Waals surface area contributed by atoms with E-state index in [4.69, 9.17) is 0 Å². The Morgan fingerprint density at radius 1 is 1.12 bits per heavy atom. The zero-order valence-electron chi connectivity index (χ0n) is 14.3. The van der Waals surface area contributed by atoms with Gasteiger partial charge in [-0.1, -0.05) is 18.2 Å². The van der Waals surface area contributed by atoms with E-state index in [1.807, 2.05) is 12.1 Å². The highest BCUT2D eigenvalue weighted by Crippen LogP contribution is 2.17. The molecule has 1 aliphatic rings. The van der Waals surface area contributed by atoms with E-state index < -0.39 is 11.8 Å². The Morgan fingerprint density at radius 2 is 1.92 bits per heavy atom. The molecule has 3 rings (SSSR count). The second kappa shape index (κ2) is 7.79. The Hall–Kier alpha value is -2.89. The Balaban J connectivity index is 1.50. The molecule has 1 saturated heterocycles. The number of benzene rings is 1. The first-order valence-electron chi connectivity index (χ1n) is 8.41. The van der Waals surface area contributed by atoms with Crippen molar-refractivity contribution in [3.05, 3.63) is 59.9 Å². The number of carbonyl (C=O) groups excluding carboxylic acids is 2. The first-order chi connectivity index (χ1) is 12.1. The first-order valence-corrected chi connectivity index (χ1v) is 8.41. The minimum atomic E-state index is -0.562. The van der Waals surface area contributed by atoms with Crippen LogP contribution in [-0.2, 0) is 16.1 Å². The zero-order valence-corrected chi connectivity index (χ0v) is 14.3. The van der Waals surface area contributed by atoms with Crippen molar-refractivity contribution in [2.45, 2.75) is 13.5 Å². The normalized spacial score (nSPS) is 14.3. The van der Waals surface area contributed by atoms with Crippen LogP contribution in [-0.4, -0.2) is 47.9 Å². The molecule has 2 amide bonds. The van der Waals surface area contributed by atoms with Crippen molar-refractivity contribution in [2.24, 2.45) is 0 Å². The molecule has 130 valence electrons. The third kappa shape index (κ3) is 4.35. The smallest absolute Gasteiger partial charge is 0.312 e. The maximum atomic E-state index is 12.3. The number of aryl methyl sites for hydroxylation is 1. The van der Waals surface area contributed by atoms with Gasteiger partial charge < -0.3 is 15.1 Å². The molecule has 0 spiro atoms. The van der Waals surface area contributed by atoms with E-state index in [9.17, 15) is 9.59 Å². The molecule has 6 heteroatoms. The van der Waals surface area contributed by atoms with Gasteiger partial charge in [-0.15, -0.1) is 0 Å². The lowest BCUT2D eigenvalue weighted by Gasteiger charge is -2.35. The molecule has 25 heavy (non-hydrogen) atoms. The Morgan fingerprint density at radius 3 is 2.60 bits per heavy atom. The summed E-state index contributed by atoms with van der Waals surface area (Å²) in [4.78, 5) is 32.2. The molecule has 0 aliphatic carbocycles. The molecule has 1 aromatic carbocycles. The van der Waals surface area contributed by atoms with Crippen LogP contribution in [0, 0.1) is 6.92 Å². The van der Waals surface area contributed by atoms with Crippen LogP contribution in [0.3, 0.4) is 0 Å². The lowest BCUT2D eigenvalue weighted by molar-refractivity contribution is -0.146. The van der Waals surface area contributed by atoms with Gasteiger partial charge in [0.15, 0.2) is 0 Å². The fourth-order valence-corrected chi connectivity index (χ4v) is 2.90. The molecule has 6 nitrogen and oxygen atoms in total. The summed E-state index contributed by atoms with van der Waals surface area (Å²) >= 11 is 0. The van der Waals surface area contributed by atoms with Crippen molar-refractivity contribution in [1.82, 2.24) is 15.2 Å². The third-order valence-electron chi connectivity index (χ3n) is 4.30. The number of aromatic nitrogens is 1. The molecule has 0 bridgehead atoms. The van der Waals surface area contributed by atoms with Gasteiger partial charge in [-0.3, -0.25) is 14.6 Å². The van der Waals surface area contributed by atoms with E-state index in [1.165, 1.54) is 5.56 Å². The fourth-order valence-electron chi connectivity index (χ4n) is 2.90. The first kappa shape index (κ1) is 17.0. The fraction of sp³-hybridized carbons (Fsp3) is 0.316. The summed E-state index contributed by atoms with van der Waals surface area (Å²) < 4.78 is 0. The van der Waals surface area contributed by atoms with E-state index in [1.54, 1.807) is 23.4 Å². The van der Waals surface area contributed by atoms with Crippen molar-refractivity contribution in [1.29, 1.82) is 0 Å². The van der Waals surface area contributed by atoms with Gasteiger partial charge in [0.2, 0.25) is 0 Å². The number of nitrogens with zero attached hydrogens (tertiary/aromatic N) is 3. The number of rotatable bonds is 3. The lowest BCUT2D eigenvalue weighted by atomic mass is 10.2. The lowest BCUT2D eigenvalue weighted by Crippen LogP contribution is -2.52. The summed E-state index contributed by atoms with van der Waals surface area (Å²) in [6.45, 7) is 4.92. The van der Waals surface area contributed by atoms with E-state index in [0.717, 1.165) is 24.3 Å². The van der Waals surface area contributed by atoms with Crippen LogP contribution in [0.15, 0.2) is 48.8 Å². The van der Waals surface area contributed by atoms with Crippen LogP contribution in [0.5, 0.6) is 0 Å². The molecule has 2 heterocycles. The number of hydrogen-bond acceptors (Lipinski definition) is 4. The van der Waals surface area contributed by atoms with Crippen LogP contribution < -0.4 is 10.2 Å². The summed E-state index contributed by atoms with van der Waals surface area (Å²) in [6.07, 6.45) is 3.34. The largest absolute Gasteiger partial charge is 0.368 e. The summed E-state index contributed by atoms with van der Waals surface area (Å²) in [7, 11) is 0. The summed E-state index contributed by atoms with van der Waals surface area (Å²) in [5, 5.41) is 2.66. The van der Waals surface area contributed by atoms with Gasteiger partial charge in [0.25, 0.3) is 0 Å². The highest BCUT2D eigenvalue weighted by atomic mass is 16.2. The predicted molar refractivity (Wildman–Crippen MR) is 96.1 cm³/mol. The summed E-state index contributed by atoms with van der Waals surface area (Å²) in [5.41, 5.74) is 3.24. The average Bonchev–Trinajstić information content (AvgIpc) is 2.66. The second-order valence-corrected chi connectivity index (χ2v) is 6.16. The molecule has 1 N–H and O–H groups in total. The average molecular weight is 338 g/mol. The number of piperazine rings is 1. The van der Waals surface area contributed by atoms with Gasteiger partial charge in [-0.25, -0.2) is 0 Å². The summed E-state index contributed by atoms with van der Waals surface area (Å²) in [6, 6.07) is 12.0. The standard InChI is InChI=1S/C19H22N4O2/c1-15-4-2-6-17(12-15)22-8-10-23(11-9-22)19(25)18(24)21-14-16-5-3-7-20-13-16/h2-7,12-13H,8-11,14H2,1H3,(H,21,24). The number of anilines is 1. The summed E-state index contributed by atoms with van der Waals surface area (Å²) in [5.74, 6) is -1.03. The molecular weight excluding hydrogens is 316 g/mol. The molecular formula is C19H22N4O2. The van der Waals surface area contributed by atoms with Gasteiger partial charge in [0, 0.05) is 50.8 Å². The maximum Gasteiger partial charge on any atom is 0.312 e. The maximum absolute atomic E-state index is 12.3. The minimum absolute atomic E-state index is 0.307. The van der Waals surface area contributed by atoms with E-state index >= 15 is 0 Å². The van der Waals surface area contributed by atoms with Crippen LogP contribution >= 0.6 is 0 Å². The molecule has 0 saturated carbocycles. The number of hydrogen-bond donors (Lipinski definition) is 1. The Kier molecular flexibility index (Phi) is 5.28. The van der Waals surface area contributed by atoms with Gasteiger partial charge in [-0.05, 0) is 36.2 Å². The van der Waals surface area contributed by atoms with Gasteiger partial charge in [-0.2, -0.15) is 0 Å². The quantitative estimate of drug-likeness (QED) is 0.858. The highest BCUT2D eigenvalue weighted by molar-refractivity contribution is 6.35. The van der Waals surface area contributed by atoms with Crippen LogP contribution in [0.2, 0.25) is 0 Å². The van der Waals surface area contributed by atoms with Gasteiger partial charge in [0.1, 0.15) is 0 Å². The van der Waals surface area contributed by atoms with Crippen molar-refractivity contribution in [3.63, 3.8) is 0 Å². The van der Waals surface area contributed by atoms with E-state index in [0.29, 0.717) is 19.6 Å². The Labute approximate surface area is 147 Å². The molecule has 1 aromatic heterocycles. The number of nitrogens with one attached hydrogen (secondary N) is 1. The number of pyridine rings is 1. The highest BCUT2D eigenvalue weighted by Gasteiger charge is 2.25. The van der Waals surface area contributed by atoms with Crippen molar-refractivity contribution < 1.29 is 9.59 Å². The molecule has 0 atom stereocenters. The molecule has 0 radical (unpaired) electrons. The van der Waals surface area contributed by atoms with Crippen molar-refractivity contribution in [3.8, 4) is 0 Å². The number of carbonyl (C=O) groups is 2. The van der Waals surface area contributed by atoms with Crippen LogP contribution in [0.4, 0.5) is 5.69 Å². The zero-order chi connectivity index (χ0) is 17.6. The number of amides is 2. The van der Waals surface area contributed by atoms with Crippen molar-refractivity contribution >= 4 is 17.5 Å². The van der Waals surface area contributed by atoms with Crippen LogP contribution in [0.25, 0.3) is 0 Å². The van der Waals surface area contributed by atoms with E-state index in [-0.39, 0.29) is 0 Å². The topological polar surface area (TPSA) is 65.5 Å². The predicted octanol–water partition coefficient (Wildman–Crippen LogP) is 1.36. The van der Waals surface area contributed by atoms with Gasteiger partial charge in [0.05, 0.1) is 0 Å². The Bertz CT molecular complexity index is 740. The molecule has 1 fully saturated rings. The molecule has 1 aliphatic heterocycles. The SMILES string of the molecule is Cc1cccc(N2CCN(C(=O)C(=O)NCc3cccnc3)CC2)c1. The third-order valence-corrected chi connectivity index (χ3v) is 4.30. The van der Waals surface area contributed by atoms with Crippen molar-refractivity contribution in [2.75, 3.05) is 31.1 Å². The van der Waals surface area contributed by atoms with Gasteiger partial charge >= 0.3 is 11.8 Å². The monoisotopic (exact) mass is 338 g/mol. The second-order valence-electron chi connectivity index (χ2n) is 6.16. The van der Waals surface area contributed by atoms with Crippen LogP contribution in [0.1, 0.15) is 11.1 Å². The van der Waals surface area contributed by atoms with E-state index in [2.05, 4.69) is 40.3 Å². The minimum Gasteiger partial charge on any atom is -0.368 e.